The van der Waals surface area contributed by atoms with Crippen molar-refractivity contribution in [3.8, 4) is 11.5 Å². The van der Waals surface area contributed by atoms with Crippen LogP contribution in [-0.4, -0.2) is 13.2 Å². The predicted octanol–water partition coefficient (Wildman–Crippen LogP) is 3.82. The van der Waals surface area contributed by atoms with E-state index in [-0.39, 0.29) is 0 Å². The summed E-state index contributed by atoms with van der Waals surface area (Å²) < 4.78 is 11.3. The van der Waals surface area contributed by atoms with Crippen molar-refractivity contribution in [2.24, 2.45) is 0 Å². The number of para-hydroxylation sites is 2. The van der Waals surface area contributed by atoms with Gasteiger partial charge in [0.25, 0.3) is 0 Å². The van der Waals surface area contributed by atoms with E-state index in [0.29, 0.717) is 18.9 Å². The molecule has 2 aromatic carbocycles. The van der Waals surface area contributed by atoms with E-state index in [1.54, 1.807) is 0 Å². The van der Waals surface area contributed by atoms with Crippen LogP contribution in [0.1, 0.15) is 18.4 Å². The van der Waals surface area contributed by atoms with Gasteiger partial charge in [0.15, 0.2) is 0 Å². The van der Waals surface area contributed by atoms with Crippen LogP contribution in [0, 0.1) is 6.92 Å². The number of unbranched alkanes of at least 4 members (excludes halogenated alkanes) is 1. The fourth-order valence-electron chi connectivity index (χ4n) is 1.89. The SMILES string of the molecule is Cc1cccc(OCCCCOc2ccccc2N)c1. The number of hydrogen-bond acceptors (Lipinski definition) is 3. The van der Waals surface area contributed by atoms with Gasteiger partial charge in [0.1, 0.15) is 11.5 Å². The Hall–Kier alpha value is -2.16. The number of hydrogen-bond donors (Lipinski definition) is 1. The van der Waals surface area contributed by atoms with Crippen LogP contribution < -0.4 is 15.2 Å². The zero-order chi connectivity index (χ0) is 14.2. The zero-order valence-corrected chi connectivity index (χ0v) is 11.8. The fourth-order valence-corrected chi connectivity index (χ4v) is 1.89. The maximum atomic E-state index is 5.80. The summed E-state index contributed by atoms with van der Waals surface area (Å²) in [5, 5.41) is 0. The quantitative estimate of drug-likeness (QED) is 0.615. The van der Waals surface area contributed by atoms with Crippen LogP contribution in [0.25, 0.3) is 0 Å². The molecule has 106 valence electrons. The first kappa shape index (κ1) is 14.3. The number of ether oxygens (including phenoxy) is 2. The minimum absolute atomic E-state index is 0.658. The Bertz CT molecular complexity index is 540. The largest absolute Gasteiger partial charge is 0.494 e. The summed E-state index contributed by atoms with van der Waals surface area (Å²) in [6.07, 6.45) is 1.90. The minimum Gasteiger partial charge on any atom is -0.494 e. The van der Waals surface area contributed by atoms with Crippen LogP contribution in [0.3, 0.4) is 0 Å². The van der Waals surface area contributed by atoms with Crippen molar-refractivity contribution in [2.75, 3.05) is 18.9 Å². The summed E-state index contributed by atoms with van der Waals surface area (Å²) in [6, 6.07) is 15.6. The molecule has 0 radical (unpaired) electrons. The number of anilines is 1. The van der Waals surface area contributed by atoms with Crippen molar-refractivity contribution in [1.29, 1.82) is 0 Å². The lowest BCUT2D eigenvalue weighted by atomic mass is 10.2. The van der Waals surface area contributed by atoms with Crippen molar-refractivity contribution in [2.45, 2.75) is 19.8 Å². The number of nitrogens with two attached hydrogens (primary N) is 1. The van der Waals surface area contributed by atoms with Crippen molar-refractivity contribution >= 4 is 5.69 Å². The summed E-state index contributed by atoms with van der Waals surface area (Å²) in [7, 11) is 0. The van der Waals surface area contributed by atoms with E-state index < -0.39 is 0 Å². The van der Waals surface area contributed by atoms with Gasteiger partial charge < -0.3 is 15.2 Å². The van der Waals surface area contributed by atoms with Crippen molar-refractivity contribution in [3.63, 3.8) is 0 Å². The van der Waals surface area contributed by atoms with Gasteiger partial charge in [0.05, 0.1) is 18.9 Å². The number of nitrogen functional groups attached to an aromatic ring is 1. The minimum atomic E-state index is 0.658. The Labute approximate surface area is 120 Å². The Morgan fingerprint density at radius 1 is 0.900 bits per heavy atom. The molecule has 2 aromatic rings. The van der Waals surface area contributed by atoms with Crippen LogP contribution in [0.15, 0.2) is 48.5 Å². The van der Waals surface area contributed by atoms with Gasteiger partial charge in [-0.3, -0.25) is 0 Å². The second-order valence-corrected chi connectivity index (χ2v) is 4.76. The highest BCUT2D eigenvalue weighted by Crippen LogP contribution is 2.20. The van der Waals surface area contributed by atoms with E-state index in [0.717, 1.165) is 24.3 Å². The number of rotatable bonds is 7. The maximum absolute atomic E-state index is 5.80. The second-order valence-electron chi connectivity index (χ2n) is 4.76. The summed E-state index contributed by atoms with van der Waals surface area (Å²) in [5.41, 5.74) is 7.70. The summed E-state index contributed by atoms with van der Waals surface area (Å²) in [4.78, 5) is 0. The normalized spacial score (nSPS) is 10.2. The Morgan fingerprint density at radius 3 is 2.40 bits per heavy atom. The van der Waals surface area contributed by atoms with Gasteiger partial charge in [-0.1, -0.05) is 24.3 Å². The lowest BCUT2D eigenvalue weighted by Crippen LogP contribution is -2.03. The third-order valence-corrected chi connectivity index (χ3v) is 2.97. The molecular formula is C17H21NO2. The molecule has 0 aliphatic heterocycles. The smallest absolute Gasteiger partial charge is 0.142 e. The van der Waals surface area contributed by atoms with Gasteiger partial charge in [-0.2, -0.15) is 0 Å². The van der Waals surface area contributed by atoms with E-state index in [9.17, 15) is 0 Å². The Morgan fingerprint density at radius 2 is 1.65 bits per heavy atom. The van der Waals surface area contributed by atoms with Crippen molar-refractivity contribution < 1.29 is 9.47 Å². The second kappa shape index (κ2) is 7.43. The van der Waals surface area contributed by atoms with Crippen LogP contribution in [-0.2, 0) is 0 Å². The average molecular weight is 271 g/mol. The van der Waals surface area contributed by atoms with E-state index in [4.69, 9.17) is 15.2 Å². The highest BCUT2D eigenvalue weighted by molar-refractivity contribution is 5.51. The van der Waals surface area contributed by atoms with Crippen LogP contribution in [0.2, 0.25) is 0 Å². The monoisotopic (exact) mass is 271 g/mol. The molecule has 3 heteroatoms. The molecule has 0 atom stereocenters. The molecule has 0 saturated carbocycles. The Balaban J connectivity index is 1.61. The molecule has 0 aliphatic rings. The van der Waals surface area contributed by atoms with Crippen molar-refractivity contribution in [1.82, 2.24) is 0 Å². The molecule has 0 saturated heterocycles. The highest BCUT2D eigenvalue weighted by atomic mass is 16.5. The molecule has 0 spiro atoms. The summed E-state index contributed by atoms with van der Waals surface area (Å²) >= 11 is 0. The first-order valence-corrected chi connectivity index (χ1v) is 6.92. The molecule has 3 nitrogen and oxygen atoms in total. The molecule has 0 unspecified atom stereocenters. The average Bonchev–Trinajstić information content (AvgIpc) is 2.44. The third kappa shape index (κ3) is 4.50. The van der Waals surface area contributed by atoms with Crippen LogP contribution in [0.5, 0.6) is 11.5 Å². The molecule has 2 rings (SSSR count). The lowest BCUT2D eigenvalue weighted by molar-refractivity contribution is 0.267. The van der Waals surface area contributed by atoms with Gasteiger partial charge in [-0.25, -0.2) is 0 Å². The van der Waals surface area contributed by atoms with Gasteiger partial charge in [0.2, 0.25) is 0 Å². The number of benzene rings is 2. The number of aryl methyl sites for hydroxylation is 1. The van der Waals surface area contributed by atoms with E-state index in [1.165, 1.54) is 5.56 Å². The van der Waals surface area contributed by atoms with E-state index in [1.807, 2.05) is 42.5 Å². The van der Waals surface area contributed by atoms with E-state index in [2.05, 4.69) is 13.0 Å². The van der Waals surface area contributed by atoms with Gasteiger partial charge in [-0.15, -0.1) is 0 Å². The van der Waals surface area contributed by atoms with Crippen LogP contribution >= 0.6 is 0 Å². The first-order chi connectivity index (χ1) is 9.75. The first-order valence-electron chi connectivity index (χ1n) is 6.92. The Kier molecular flexibility index (Phi) is 5.30. The highest BCUT2D eigenvalue weighted by Gasteiger charge is 1.98. The fraction of sp³-hybridized carbons (Fsp3) is 0.294. The molecule has 0 heterocycles. The zero-order valence-electron chi connectivity index (χ0n) is 11.8. The maximum Gasteiger partial charge on any atom is 0.142 e. The third-order valence-electron chi connectivity index (χ3n) is 2.97. The molecule has 0 amide bonds. The molecule has 0 fully saturated rings. The lowest BCUT2D eigenvalue weighted by Gasteiger charge is -2.09. The molecule has 0 aromatic heterocycles. The predicted molar refractivity (Wildman–Crippen MR) is 82.3 cm³/mol. The summed E-state index contributed by atoms with van der Waals surface area (Å²) in [6.45, 7) is 3.42. The summed E-state index contributed by atoms with van der Waals surface area (Å²) in [5.74, 6) is 1.69. The van der Waals surface area contributed by atoms with Crippen molar-refractivity contribution in [3.05, 3.63) is 54.1 Å². The van der Waals surface area contributed by atoms with E-state index >= 15 is 0 Å². The van der Waals surface area contributed by atoms with Gasteiger partial charge in [0, 0.05) is 0 Å². The standard InChI is InChI=1S/C17H21NO2/c1-14-7-6-8-15(13-14)19-11-4-5-12-20-17-10-3-2-9-16(17)18/h2-3,6-10,13H,4-5,11-12,18H2,1H3. The molecular weight excluding hydrogens is 250 g/mol. The van der Waals surface area contributed by atoms with Crippen LogP contribution in [0.4, 0.5) is 5.69 Å². The molecule has 0 aliphatic carbocycles. The van der Waals surface area contributed by atoms with Gasteiger partial charge >= 0.3 is 0 Å². The van der Waals surface area contributed by atoms with Gasteiger partial charge in [-0.05, 0) is 49.6 Å². The molecule has 20 heavy (non-hydrogen) atoms. The topological polar surface area (TPSA) is 44.5 Å². The molecule has 2 N–H and O–H groups in total. The molecule has 0 bridgehead atoms.